The molecule has 0 radical (unpaired) electrons. The first-order chi connectivity index (χ1) is 11.9. The minimum atomic E-state index is -0.861. The zero-order chi connectivity index (χ0) is 18.0. The highest BCUT2D eigenvalue weighted by molar-refractivity contribution is 5.86. The van der Waals surface area contributed by atoms with Gasteiger partial charge in [-0.3, -0.25) is 14.5 Å². The van der Waals surface area contributed by atoms with E-state index in [4.69, 9.17) is 4.74 Å². The number of nitrogens with zero attached hydrogens (tertiary/aromatic N) is 4. The molecule has 0 saturated carbocycles. The Kier molecular flexibility index (Phi) is 5.05. The van der Waals surface area contributed by atoms with E-state index in [9.17, 15) is 14.7 Å². The Labute approximate surface area is 146 Å². The standard InChI is InChI=1S/C16H25N5O4/c1-16(2,21-3-5-25-6-4-21)15(24)20-9-11(7-14(22)23)12(10-20)13-8-17-19-18-13/h8,11-12H,3-7,9-10H2,1-2H3,(H,22,23)(H,17,18,19)/t11-,12+/m0/s1. The third kappa shape index (κ3) is 3.67. The monoisotopic (exact) mass is 351 g/mol. The van der Waals surface area contributed by atoms with Crippen LogP contribution in [0.25, 0.3) is 0 Å². The number of morpholine rings is 1. The van der Waals surface area contributed by atoms with Crippen LogP contribution >= 0.6 is 0 Å². The number of carbonyl (C=O) groups excluding carboxylic acids is 1. The third-order valence-corrected chi connectivity index (χ3v) is 5.30. The highest BCUT2D eigenvalue weighted by atomic mass is 16.5. The van der Waals surface area contributed by atoms with Crippen LogP contribution in [0.2, 0.25) is 0 Å². The van der Waals surface area contributed by atoms with Crippen molar-refractivity contribution in [2.45, 2.75) is 31.7 Å². The van der Waals surface area contributed by atoms with Gasteiger partial charge in [0.25, 0.3) is 0 Å². The number of carbonyl (C=O) groups is 2. The van der Waals surface area contributed by atoms with E-state index in [1.54, 1.807) is 11.1 Å². The van der Waals surface area contributed by atoms with Crippen molar-refractivity contribution in [2.24, 2.45) is 5.92 Å². The number of carboxylic acids is 1. The van der Waals surface area contributed by atoms with E-state index in [0.29, 0.717) is 32.0 Å². The van der Waals surface area contributed by atoms with Crippen LogP contribution in [0.15, 0.2) is 6.20 Å². The average molecular weight is 351 g/mol. The molecule has 0 unspecified atom stereocenters. The normalized spacial score (nSPS) is 25.3. The predicted molar refractivity (Wildman–Crippen MR) is 87.9 cm³/mol. The van der Waals surface area contributed by atoms with Gasteiger partial charge in [0.2, 0.25) is 5.91 Å². The van der Waals surface area contributed by atoms with Crippen molar-refractivity contribution in [3.8, 4) is 0 Å². The molecule has 2 fully saturated rings. The SMILES string of the molecule is CC(C)(C(=O)N1C[C@H](CC(=O)O)[C@H](c2cn[nH]n2)C1)N1CCOCC1. The van der Waals surface area contributed by atoms with Gasteiger partial charge in [0.05, 0.1) is 37.1 Å². The molecule has 0 aromatic carbocycles. The van der Waals surface area contributed by atoms with Crippen LogP contribution in [0.5, 0.6) is 0 Å². The minimum absolute atomic E-state index is 0.0132. The summed E-state index contributed by atoms with van der Waals surface area (Å²) in [5, 5.41) is 19.7. The second kappa shape index (κ2) is 7.09. The number of nitrogens with one attached hydrogen (secondary N) is 1. The van der Waals surface area contributed by atoms with E-state index in [2.05, 4.69) is 20.3 Å². The molecule has 2 atom stereocenters. The van der Waals surface area contributed by atoms with Crippen LogP contribution < -0.4 is 0 Å². The molecule has 9 heteroatoms. The first-order valence-electron chi connectivity index (χ1n) is 8.59. The fourth-order valence-corrected chi connectivity index (χ4v) is 3.84. The Bertz CT molecular complexity index is 612. The molecule has 0 bridgehead atoms. The number of aliphatic carboxylic acids is 1. The molecule has 1 amide bonds. The van der Waals surface area contributed by atoms with Gasteiger partial charge in [-0.15, -0.1) is 0 Å². The zero-order valence-corrected chi connectivity index (χ0v) is 14.6. The molecule has 2 aliphatic heterocycles. The molecule has 3 rings (SSSR count). The fourth-order valence-electron chi connectivity index (χ4n) is 3.84. The summed E-state index contributed by atoms with van der Waals surface area (Å²) in [7, 11) is 0. The van der Waals surface area contributed by atoms with E-state index in [-0.39, 0.29) is 24.2 Å². The lowest BCUT2D eigenvalue weighted by Gasteiger charge is -2.41. The number of hydrogen-bond donors (Lipinski definition) is 2. The lowest BCUT2D eigenvalue weighted by atomic mass is 9.91. The average Bonchev–Trinajstić information content (AvgIpc) is 3.23. The molecule has 2 saturated heterocycles. The van der Waals surface area contributed by atoms with E-state index < -0.39 is 11.5 Å². The molecular formula is C16H25N5O4. The molecule has 138 valence electrons. The summed E-state index contributed by atoms with van der Waals surface area (Å²) in [6, 6.07) is 0. The summed E-state index contributed by atoms with van der Waals surface area (Å²) in [6.07, 6.45) is 1.62. The predicted octanol–water partition coefficient (Wildman–Crippen LogP) is -0.0678. The third-order valence-electron chi connectivity index (χ3n) is 5.30. The van der Waals surface area contributed by atoms with Gasteiger partial charge < -0.3 is 14.7 Å². The molecule has 3 heterocycles. The number of rotatable bonds is 5. The van der Waals surface area contributed by atoms with Crippen molar-refractivity contribution < 1.29 is 19.4 Å². The molecular weight excluding hydrogens is 326 g/mol. The minimum Gasteiger partial charge on any atom is -0.481 e. The Morgan fingerprint density at radius 1 is 1.36 bits per heavy atom. The first kappa shape index (κ1) is 17.8. The lowest BCUT2D eigenvalue weighted by molar-refractivity contribution is -0.145. The number of aromatic amines is 1. The molecule has 1 aromatic rings. The van der Waals surface area contributed by atoms with Crippen LogP contribution in [0, 0.1) is 5.92 Å². The number of aromatic nitrogens is 3. The fraction of sp³-hybridized carbons (Fsp3) is 0.750. The van der Waals surface area contributed by atoms with Gasteiger partial charge in [-0.05, 0) is 19.8 Å². The molecule has 1 aromatic heterocycles. The van der Waals surface area contributed by atoms with Crippen LogP contribution in [0.1, 0.15) is 31.9 Å². The number of carboxylic acid groups (broad SMARTS) is 1. The van der Waals surface area contributed by atoms with Gasteiger partial charge in [-0.2, -0.15) is 15.4 Å². The van der Waals surface area contributed by atoms with Gasteiger partial charge in [0, 0.05) is 32.1 Å². The highest BCUT2D eigenvalue weighted by Crippen LogP contribution is 2.35. The highest BCUT2D eigenvalue weighted by Gasteiger charge is 2.44. The Balaban J connectivity index is 1.75. The molecule has 2 N–H and O–H groups in total. The van der Waals surface area contributed by atoms with E-state index in [1.807, 2.05) is 13.8 Å². The van der Waals surface area contributed by atoms with Crippen LogP contribution in [0.3, 0.4) is 0 Å². The second-order valence-corrected chi connectivity index (χ2v) is 7.23. The smallest absolute Gasteiger partial charge is 0.303 e. The summed E-state index contributed by atoms with van der Waals surface area (Å²) >= 11 is 0. The Morgan fingerprint density at radius 2 is 2.08 bits per heavy atom. The van der Waals surface area contributed by atoms with Gasteiger partial charge in [0.15, 0.2) is 0 Å². The molecule has 0 spiro atoms. The molecule has 9 nitrogen and oxygen atoms in total. The van der Waals surface area contributed by atoms with Crippen molar-refractivity contribution >= 4 is 11.9 Å². The topological polar surface area (TPSA) is 112 Å². The zero-order valence-electron chi connectivity index (χ0n) is 14.6. The first-order valence-corrected chi connectivity index (χ1v) is 8.59. The summed E-state index contributed by atoms with van der Waals surface area (Å²) in [4.78, 5) is 28.3. The number of hydrogen-bond acceptors (Lipinski definition) is 6. The van der Waals surface area contributed by atoms with Crippen molar-refractivity contribution in [1.29, 1.82) is 0 Å². The van der Waals surface area contributed by atoms with Crippen molar-refractivity contribution in [3.63, 3.8) is 0 Å². The summed E-state index contributed by atoms with van der Waals surface area (Å²) in [5.74, 6) is -1.11. The van der Waals surface area contributed by atoms with E-state index in [0.717, 1.165) is 13.1 Å². The summed E-state index contributed by atoms with van der Waals surface area (Å²) in [6.45, 7) is 7.44. The molecule has 25 heavy (non-hydrogen) atoms. The molecule has 2 aliphatic rings. The van der Waals surface area contributed by atoms with Gasteiger partial charge >= 0.3 is 5.97 Å². The number of amides is 1. The maximum absolute atomic E-state index is 13.2. The van der Waals surface area contributed by atoms with Gasteiger partial charge in [-0.1, -0.05) is 0 Å². The maximum atomic E-state index is 13.2. The maximum Gasteiger partial charge on any atom is 0.303 e. The lowest BCUT2D eigenvalue weighted by Crippen LogP contribution is -2.58. The quantitative estimate of drug-likeness (QED) is 0.764. The van der Waals surface area contributed by atoms with Crippen LogP contribution in [-0.4, -0.2) is 87.1 Å². The summed E-state index contributed by atoms with van der Waals surface area (Å²) in [5.41, 5.74) is 0.0710. The number of H-pyrrole nitrogens is 1. The van der Waals surface area contributed by atoms with Crippen molar-refractivity contribution in [1.82, 2.24) is 25.2 Å². The number of ether oxygens (including phenoxy) is 1. The van der Waals surface area contributed by atoms with Gasteiger partial charge in [-0.25, -0.2) is 0 Å². The van der Waals surface area contributed by atoms with Gasteiger partial charge in [0.1, 0.15) is 0 Å². The number of likely N-dealkylation sites (tertiary alicyclic amines) is 1. The summed E-state index contributed by atoms with van der Waals surface area (Å²) < 4.78 is 5.38. The Morgan fingerprint density at radius 3 is 2.68 bits per heavy atom. The van der Waals surface area contributed by atoms with E-state index >= 15 is 0 Å². The molecule has 0 aliphatic carbocycles. The van der Waals surface area contributed by atoms with Crippen molar-refractivity contribution in [3.05, 3.63) is 11.9 Å². The van der Waals surface area contributed by atoms with Crippen LogP contribution in [-0.2, 0) is 14.3 Å². The van der Waals surface area contributed by atoms with E-state index in [1.165, 1.54) is 0 Å². The largest absolute Gasteiger partial charge is 0.481 e. The Hall–Kier alpha value is -2.00. The van der Waals surface area contributed by atoms with Crippen molar-refractivity contribution in [2.75, 3.05) is 39.4 Å². The van der Waals surface area contributed by atoms with Crippen LogP contribution in [0.4, 0.5) is 0 Å². The second-order valence-electron chi connectivity index (χ2n) is 7.23.